The van der Waals surface area contributed by atoms with Crippen LogP contribution in [-0.2, 0) is 9.53 Å². The largest absolute Gasteiger partial charge is 0.420 e. The van der Waals surface area contributed by atoms with E-state index in [1.54, 1.807) is 0 Å². The molecule has 0 heterocycles. The van der Waals surface area contributed by atoms with Crippen molar-refractivity contribution in [2.75, 3.05) is 6.61 Å². The molecule has 0 fully saturated rings. The standard InChI is InChI=1S/C4H5NO2/c1-4(6)2-7-3-5/h2H2,1H3. The van der Waals surface area contributed by atoms with Gasteiger partial charge in [0.15, 0.2) is 12.4 Å². The van der Waals surface area contributed by atoms with E-state index in [2.05, 4.69) is 4.74 Å². The van der Waals surface area contributed by atoms with Crippen LogP contribution >= 0.6 is 0 Å². The predicted octanol–water partition coefficient (Wildman–Crippen LogP) is 0.0731. The molecule has 0 amide bonds. The molecule has 0 rings (SSSR count). The van der Waals surface area contributed by atoms with Gasteiger partial charge < -0.3 is 4.74 Å². The molecule has 0 bridgehead atoms. The van der Waals surface area contributed by atoms with E-state index < -0.39 is 0 Å². The normalized spacial score (nSPS) is 6.86. The van der Waals surface area contributed by atoms with Gasteiger partial charge in [-0.05, 0) is 6.92 Å². The number of carbonyl (C=O) groups excluding carboxylic acids is 1. The zero-order chi connectivity index (χ0) is 5.70. The Bertz CT molecular complexity index is 103. The van der Waals surface area contributed by atoms with Gasteiger partial charge in [0.05, 0.1) is 0 Å². The van der Waals surface area contributed by atoms with E-state index in [0.717, 1.165) is 0 Å². The number of hydrogen-bond acceptors (Lipinski definition) is 3. The third-order valence-corrected chi connectivity index (χ3v) is 0.340. The Labute approximate surface area is 41.5 Å². The molecule has 0 radical (unpaired) electrons. The fourth-order valence-corrected chi connectivity index (χ4v) is 0.134. The van der Waals surface area contributed by atoms with Crippen molar-refractivity contribution in [1.82, 2.24) is 0 Å². The van der Waals surface area contributed by atoms with E-state index in [1.807, 2.05) is 0 Å². The third-order valence-electron chi connectivity index (χ3n) is 0.340. The molecule has 0 aliphatic rings. The first-order chi connectivity index (χ1) is 3.27. The monoisotopic (exact) mass is 99.0 g/mol. The second-order valence-electron chi connectivity index (χ2n) is 1.08. The lowest BCUT2D eigenvalue weighted by molar-refractivity contribution is -0.119. The topological polar surface area (TPSA) is 50.1 Å². The molecule has 0 aromatic rings. The zero-order valence-electron chi connectivity index (χ0n) is 3.97. The van der Waals surface area contributed by atoms with E-state index in [0.29, 0.717) is 0 Å². The summed E-state index contributed by atoms with van der Waals surface area (Å²) in [6.07, 6.45) is 1.38. The summed E-state index contributed by atoms with van der Waals surface area (Å²) in [5, 5.41) is 7.69. The fraction of sp³-hybridized carbons (Fsp3) is 0.500. The summed E-state index contributed by atoms with van der Waals surface area (Å²) in [4.78, 5) is 9.93. The van der Waals surface area contributed by atoms with Crippen LogP contribution in [0.15, 0.2) is 0 Å². The van der Waals surface area contributed by atoms with E-state index in [4.69, 9.17) is 5.26 Å². The van der Waals surface area contributed by atoms with Crippen molar-refractivity contribution in [1.29, 1.82) is 5.26 Å². The Kier molecular flexibility index (Phi) is 2.69. The summed E-state index contributed by atoms with van der Waals surface area (Å²) in [6.45, 7) is 1.26. The van der Waals surface area contributed by atoms with Crippen LogP contribution in [0.5, 0.6) is 0 Å². The molecule has 0 spiro atoms. The number of hydrogen-bond donors (Lipinski definition) is 0. The molecule has 0 atom stereocenters. The van der Waals surface area contributed by atoms with Crippen molar-refractivity contribution >= 4 is 5.78 Å². The van der Waals surface area contributed by atoms with Gasteiger partial charge in [0.1, 0.15) is 0 Å². The minimum atomic E-state index is -0.137. The maximum Gasteiger partial charge on any atom is 0.286 e. The Morgan fingerprint density at radius 3 is 2.71 bits per heavy atom. The summed E-state index contributed by atoms with van der Waals surface area (Å²) in [7, 11) is 0. The molecule has 0 aromatic carbocycles. The molecule has 0 N–H and O–H groups in total. The first-order valence-electron chi connectivity index (χ1n) is 1.77. The summed E-state index contributed by atoms with van der Waals surface area (Å²) in [5.74, 6) is -0.137. The van der Waals surface area contributed by atoms with Crippen LogP contribution in [0.1, 0.15) is 6.92 Å². The molecule has 0 saturated heterocycles. The van der Waals surface area contributed by atoms with Crippen LogP contribution in [0.3, 0.4) is 0 Å². The number of Topliss-reactive ketones (excluding diaryl/α,β-unsaturated/α-hetero) is 1. The summed E-state index contributed by atoms with van der Waals surface area (Å²) in [5.41, 5.74) is 0. The fourth-order valence-electron chi connectivity index (χ4n) is 0.134. The number of nitriles is 1. The van der Waals surface area contributed by atoms with Gasteiger partial charge in [-0.1, -0.05) is 0 Å². The van der Waals surface area contributed by atoms with Crippen molar-refractivity contribution in [3.8, 4) is 6.26 Å². The quantitative estimate of drug-likeness (QED) is 0.460. The molecule has 0 aliphatic heterocycles. The van der Waals surface area contributed by atoms with Gasteiger partial charge in [0.2, 0.25) is 0 Å². The first-order valence-corrected chi connectivity index (χ1v) is 1.77. The number of ketones is 1. The van der Waals surface area contributed by atoms with E-state index in [9.17, 15) is 4.79 Å². The van der Waals surface area contributed by atoms with Gasteiger partial charge in [-0.15, -0.1) is 0 Å². The molecule has 38 valence electrons. The third kappa shape index (κ3) is 4.96. The molecular weight excluding hydrogens is 94.0 g/mol. The van der Waals surface area contributed by atoms with Gasteiger partial charge in [0.25, 0.3) is 6.26 Å². The lowest BCUT2D eigenvalue weighted by atomic mass is 10.5. The Morgan fingerprint density at radius 2 is 2.57 bits per heavy atom. The highest BCUT2D eigenvalue weighted by Gasteiger charge is 1.87. The van der Waals surface area contributed by atoms with Crippen LogP contribution < -0.4 is 0 Å². The van der Waals surface area contributed by atoms with E-state index >= 15 is 0 Å². The smallest absolute Gasteiger partial charge is 0.286 e. The van der Waals surface area contributed by atoms with Crippen molar-refractivity contribution in [2.45, 2.75) is 6.92 Å². The van der Waals surface area contributed by atoms with Gasteiger partial charge in [-0.3, -0.25) is 4.79 Å². The average molecular weight is 99.1 g/mol. The summed E-state index contributed by atoms with van der Waals surface area (Å²) >= 11 is 0. The lowest BCUT2D eigenvalue weighted by Gasteiger charge is -1.84. The highest BCUT2D eigenvalue weighted by atomic mass is 16.5. The van der Waals surface area contributed by atoms with Crippen LogP contribution in [0.25, 0.3) is 0 Å². The number of rotatable bonds is 2. The van der Waals surface area contributed by atoms with Crippen molar-refractivity contribution < 1.29 is 9.53 Å². The maximum absolute atomic E-state index is 9.93. The summed E-state index contributed by atoms with van der Waals surface area (Å²) < 4.78 is 4.05. The highest BCUT2D eigenvalue weighted by molar-refractivity contribution is 5.76. The van der Waals surface area contributed by atoms with Crippen LogP contribution in [0, 0.1) is 11.5 Å². The first kappa shape index (κ1) is 5.96. The molecule has 7 heavy (non-hydrogen) atoms. The van der Waals surface area contributed by atoms with Crippen LogP contribution in [0.2, 0.25) is 0 Å². The minimum Gasteiger partial charge on any atom is -0.420 e. The summed E-state index contributed by atoms with van der Waals surface area (Å²) in [6, 6.07) is 0. The van der Waals surface area contributed by atoms with Crippen molar-refractivity contribution in [2.24, 2.45) is 0 Å². The molecule has 0 aliphatic carbocycles. The van der Waals surface area contributed by atoms with Crippen molar-refractivity contribution in [3.63, 3.8) is 0 Å². The van der Waals surface area contributed by atoms with Gasteiger partial charge in [-0.2, -0.15) is 5.26 Å². The van der Waals surface area contributed by atoms with Gasteiger partial charge >= 0.3 is 0 Å². The SMILES string of the molecule is CC(=O)COC#N. The lowest BCUT2D eigenvalue weighted by Crippen LogP contribution is -1.98. The molecule has 0 unspecified atom stereocenters. The number of ether oxygens (including phenoxy) is 1. The Balaban J connectivity index is 3.02. The molecule has 3 heteroatoms. The number of nitrogens with zero attached hydrogens (tertiary/aromatic N) is 1. The van der Waals surface area contributed by atoms with Gasteiger partial charge in [0, 0.05) is 0 Å². The van der Waals surface area contributed by atoms with E-state index in [1.165, 1.54) is 13.2 Å². The van der Waals surface area contributed by atoms with E-state index in [-0.39, 0.29) is 12.4 Å². The number of carbonyl (C=O) groups is 1. The minimum absolute atomic E-state index is 0.101. The zero-order valence-corrected chi connectivity index (χ0v) is 3.97. The average Bonchev–Trinajstić information content (AvgIpc) is 1.61. The van der Waals surface area contributed by atoms with Gasteiger partial charge in [-0.25, -0.2) is 0 Å². The molecule has 0 aromatic heterocycles. The molecular formula is C4H5NO2. The second kappa shape index (κ2) is 3.16. The molecule has 3 nitrogen and oxygen atoms in total. The Hall–Kier alpha value is -1.04. The van der Waals surface area contributed by atoms with Crippen LogP contribution in [0.4, 0.5) is 0 Å². The maximum atomic E-state index is 9.93. The van der Waals surface area contributed by atoms with Crippen molar-refractivity contribution in [3.05, 3.63) is 0 Å². The molecule has 0 saturated carbocycles. The highest BCUT2D eigenvalue weighted by Crippen LogP contribution is 1.69. The second-order valence-corrected chi connectivity index (χ2v) is 1.08. The Morgan fingerprint density at radius 1 is 2.00 bits per heavy atom. The van der Waals surface area contributed by atoms with Crippen LogP contribution in [-0.4, -0.2) is 12.4 Å². The predicted molar refractivity (Wildman–Crippen MR) is 22.2 cm³/mol.